The molecule has 7 nitrogen and oxygen atoms in total. The molecule has 1 N–H and O–H groups in total. The lowest BCUT2D eigenvalue weighted by molar-refractivity contribution is 0.0636. The van der Waals surface area contributed by atoms with Crippen molar-refractivity contribution in [3.63, 3.8) is 0 Å². The first kappa shape index (κ1) is 14.5. The molecule has 0 spiro atoms. The quantitative estimate of drug-likeness (QED) is 0.501. The smallest absolute Gasteiger partial charge is 0.412 e. The van der Waals surface area contributed by atoms with Crippen LogP contribution in [0.2, 0.25) is 0 Å². The summed E-state index contributed by atoms with van der Waals surface area (Å²) < 4.78 is 5.07. The lowest BCUT2D eigenvalue weighted by Gasteiger charge is -2.19. The molecule has 0 aromatic heterocycles. The molecule has 1 rings (SSSR count). The number of hydrogen-bond acceptors (Lipinski definition) is 3. The van der Waals surface area contributed by atoms with Crippen molar-refractivity contribution in [2.45, 2.75) is 26.4 Å². The standard InChI is InChI=1S/C12H14N4O3/c1-12(2,3)19-11(18)14-9-6-4-8(5-7-9)10(17)15-16-13/h4-7H,1-3H3,(H,14,18). The molecule has 0 aliphatic heterocycles. The van der Waals surface area contributed by atoms with Gasteiger partial charge in [0.2, 0.25) is 5.91 Å². The molecule has 0 fully saturated rings. The fourth-order valence-corrected chi connectivity index (χ4v) is 1.22. The van der Waals surface area contributed by atoms with Crippen molar-refractivity contribution in [1.82, 2.24) is 0 Å². The molecule has 100 valence electrons. The zero-order valence-corrected chi connectivity index (χ0v) is 10.9. The largest absolute Gasteiger partial charge is 0.444 e. The number of benzene rings is 1. The summed E-state index contributed by atoms with van der Waals surface area (Å²) in [4.78, 5) is 25.1. The van der Waals surface area contributed by atoms with E-state index >= 15 is 0 Å². The minimum absolute atomic E-state index is 0.243. The second kappa shape index (κ2) is 5.88. The maximum absolute atomic E-state index is 11.5. The summed E-state index contributed by atoms with van der Waals surface area (Å²) in [6.07, 6.45) is -0.582. The fourth-order valence-electron chi connectivity index (χ4n) is 1.22. The molecule has 19 heavy (non-hydrogen) atoms. The molecule has 0 bridgehead atoms. The highest BCUT2D eigenvalue weighted by atomic mass is 16.6. The molecule has 0 heterocycles. The number of ether oxygens (including phenoxy) is 1. The number of hydrogen-bond donors (Lipinski definition) is 1. The molecule has 2 amide bonds. The third kappa shape index (κ3) is 5.10. The Labute approximate surface area is 110 Å². The van der Waals surface area contributed by atoms with Crippen molar-refractivity contribution in [1.29, 1.82) is 0 Å². The van der Waals surface area contributed by atoms with Crippen LogP contribution in [-0.4, -0.2) is 17.6 Å². The molecule has 0 unspecified atom stereocenters. The Morgan fingerprint density at radius 1 is 1.26 bits per heavy atom. The highest BCUT2D eigenvalue weighted by Gasteiger charge is 2.16. The van der Waals surface area contributed by atoms with Gasteiger partial charge in [0.25, 0.3) is 0 Å². The van der Waals surface area contributed by atoms with E-state index in [0.29, 0.717) is 5.69 Å². The molecular weight excluding hydrogens is 248 g/mol. The predicted octanol–water partition coefficient (Wildman–Crippen LogP) is 3.48. The fraction of sp³-hybridized carbons (Fsp3) is 0.333. The summed E-state index contributed by atoms with van der Waals surface area (Å²) in [7, 11) is 0. The Balaban J connectivity index is 2.70. The van der Waals surface area contributed by atoms with E-state index in [2.05, 4.69) is 15.3 Å². The first-order valence-electron chi connectivity index (χ1n) is 5.51. The average Bonchev–Trinajstić information content (AvgIpc) is 2.27. The van der Waals surface area contributed by atoms with Gasteiger partial charge in [-0.2, -0.15) is 0 Å². The molecule has 0 saturated heterocycles. The van der Waals surface area contributed by atoms with E-state index in [1.54, 1.807) is 20.8 Å². The highest BCUT2D eigenvalue weighted by Crippen LogP contribution is 2.13. The zero-order chi connectivity index (χ0) is 14.5. The summed E-state index contributed by atoms with van der Waals surface area (Å²) >= 11 is 0. The van der Waals surface area contributed by atoms with Gasteiger partial charge in [0.15, 0.2) is 0 Å². The summed E-state index contributed by atoms with van der Waals surface area (Å²) in [6, 6.07) is 5.93. The van der Waals surface area contributed by atoms with Crippen LogP contribution in [0.15, 0.2) is 29.4 Å². The first-order valence-corrected chi connectivity index (χ1v) is 5.51. The van der Waals surface area contributed by atoms with E-state index < -0.39 is 17.6 Å². The molecule has 0 radical (unpaired) electrons. The van der Waals surface area contributed by atoms with Crippen LogP contribution < -0.4 is 5.32 Å². The number of rotatable bonds is 2. The van der Waals surface area contributed by atoms with E-state index in [9.17, 15) is 9.59 Å². The third-order valence-electron chi connectivity index (χ3n) is 1.91. The molecule has 0 atom stereocenters. The van der Waals surface area contributed by atoms with Crippen molar-refractivity contribution in [2.75, 3.05) is 5.32 Å². The number of amides is 2. The van der Waals surface area contributed by atoms with Gasteiger partial charge in [-0.1, -0.05) is 0 Å². The van der Waals surface area contributed by atoms with Crippen molar-refractivity contribution >= 4 is 17.7 Å². The number of carbonyl (C=O) groups is 2. The van der Waals surface area contributed by atoms with E-state index in [1.165, 1.54) is 24.3 Å². The van der Waals surface area contributed by atoms with E-state index in [-0.39, 0.29) is 5.56 Å². The minimum Gasteiger partial charge on any atom is -0.444 e. The Bertz CT molecular complexity index is 525. The maximum atomic E-state index is 11.5. The number of nitrogens with zero attached hydrogens (tertiary/aromatic N) is 3. The van der Waals surface area contributed by atoms with E-state index in [1.807, 2.05) is 0 Å². The Hall–Kier alpha value is -2.53. The molecule has 0 aliphatic rings. The Morgan fingerprint density at radius 3 is 2.32 bits per heavy atom. The predicted molar refractivity (Wildman–Crippen MR) is 69.8 cm³/mol. The van der Waals surface area contributed by atoms with Gasteiger partial charge >= 0.3 is 6.09 Å². The average molecular weight is 262 g/mol. The van der Waals surface area contributed by atoms with Crippen LogP contribution in [0.5, 0.6) is 0 Å². The number of nitrogens with one attached hydrogen (secondary N) is 1. The van der Waals surface area contributed by atoms with Gasteiger partial charge in [-0.05, 0) is 55.7 Å². The SMILES string of the molecule is CC(C)(C)OC(=O)Nc1ccc(C(=O)N=[N+]=[N-])cc1. The third-order valence-corrected chi connectivity index (χ3v) is 1.91. The molecular formula is C12H14N4O3. The van der Waals surface area contributed by atoms with Gasteiger partial charge in [-0.15, -0.1) is 0 Å². The number of anilines is 1. The van der Waals surface area contributed by atoms with Crippen LogP contribution in [0.3, 0.4) is 0 Å². The molecule has 1 aromatic rings. The van der Waals surface area contributed by atoms with Gasteiger partial charge in [-0.25, -0.2) is 4.79 Å². The van der Waals surface area contributed by atoms with Crippen LogP contribution >= 0.6 is 0 Å². The van der Waals surface area contributed by atoms with Crippen molar-refractivity contribution in [2.24, 2.45) is 5.11 Å². The van der Waals surface area contributed by atoms with Crippen LogP contribution in [0, 0.1) is 0 Å². The van der Waals surface area contributed by atoms with Crippen molar-refractivity contribution < 1.29 is 14.3 Å². The molecule has 7 heteroatoms. The minimum atomic E-state index is -0.675. The lowest BCUT2D eigenvalue weighted by atomic mass is 10.2. The van der Waals surface area contributed by atoms with Crippen LogP contribution in [0.4, 0.5) is 10.5 Å². The first-order chi connectivity index (χ1) is 8.81. The summed E-state index contributed by atoms with van der Waals surface area (Å²) in [5.74, 6) is -0.675. The molecule has 0 saturated carbocycles. The zero-order valence-electron chi connectivity index (χ0n) is 10.9. The number of azide groups is 1. The topological polar surface area (TPSA) is 104 Å². The van der Waals surface area contributed by atoms with Crippen molar-refractivity contribution in [3.8, 4) is 0 Å². The van der Waals surface area contributed by atoms with Crippen molar-refractivity contribution in [3.05, 3.63) is 40.3 Å². The van der Waals surface area contributed by atoms with Gasteiger partial charge in [0, 0.05) is 16.2 Å². The van der Waals surface area contributed by atoms with Gasteiger partial charge in [0.1, 0.15) is 5.60 Å². The van der Waals surface area contributed by atoms with E-state index in [4.69, 9.17) is 10.3 Å². The monoisotopic (exact) mass is 262 g/mol. The van der Waals surface area contributed by atoms with Crippen LogP contribution in [-0.2, 0) is 4.74 Å². The highest BCUT2D eigenvalue weighted by molar-refractivity contribution is 5.95. The molecule has 0 aliphatic carbocycles. The van der Waals surface area contributed by atoms with Gasteiger partial charge < -0.3 is 4.74 Å². The molecule has 1 aromatic carbocycles. The number of carbonyl (C=O) groups excluding carboxylic acids is 2. The van der Waals surface area contributed by atoms with Gasteiger partial charge in [-0.3, -0.25) is 10.1 Å². The van der Waals surface area contributed by atoms with Crippen LogP contribution in [0.25, 0.3) is 10.4 Å². The summed E-state index contributed by atoms with van der Waals surface area (Å²) in [5.41, 5.74) is 8.28. The summed E-state index contributed by atoms with van der Waals surface area (Å²) in [6.45, 7) is 5.27. The Kier molecular flexibility index (Phi) is 4.50. The van der Waals surface area contributed by atoms with E-state index in [0.717, 1.165) is 0 Å². The van der Waals surface area contributed by atoms with Crippen LogP contribution in [0.1, 0.15) is 31.1 Å². The normalized spacial score (nSPS) is 10.3. The maximum Gasteiger partial charge on any atom is 0.412 e. The van der Waals surface area contributed by atoms with Gasteiger partial charge in [0.05, 0.1) is 0 Å². The second-order valence-corrected chi connectivity index (χ2v) is 4.70. The second-order valence-electron chi connectivity index (χ2n) is 4.70. The summed E-state index contributed by atoms with van der Waals surface area (Å²) in [5, 5.41) is 5.48. The Morgan fingerprint density at radius 2 is 1.84 bits per heavy atom. The lowest BCUT2D eigenvalue weighted by Crippen LogP contribution is -2.27.